The highest BCUT2D eigenvalue weighted by Gasteiger charge is 2.00. The Kier molecular flexibility index (Phi) is 4.25. The zero-order valence-corrected chi connectivity index (χ0v) is 9.74. The number of allylic oxidation sites excluding steroid dienone is 1. The number of carbonyl (C=O) groups excluding carboxylic acids is 1. The molecule has 0 N–H and O–H groups in total. The van der Waals surface area contributed by atoms with Crippen molar-refractivity contribution in [1.82, 2.24) is 4.98 Å². The van der Waals surface area contributed by atoms with Crippen LogP contribution < -0.4 is 0 Å². The van der Waals surface area contributed by atoms with Crippen LogP contribution in [-0.4, -0.2) is 11.3 Å². The van der Waals surface area contributed by atoms with Gasteiger partial charge in [0.1, 0.15) is 6.61 Å². The van der Waals surface area contributed by atoms with Crippen molar-refractivity contribution in [1.29, 1.82) is 0 Å². The molecule has 0 aliphatic rings. The van der Waals surface area contributed by atoms with Crippen molar-refractivity contribution in [2.24, 2.45) is 0 Å². The molecule has 89 valence electrons. The number of hydrogen-bond acceptors (Lipinski definition) is 3. The van der Waals surface area contributed by atoms with Gasteiger partial charge in [-0.25, -0.2) is 0 Å². The fourth-order valence-electron chi connectivity index (χ4n) is 1.44. The van der Waals surface area contributed by atoms with E-state index in [2.05, 4.69) is 4.98 Å². The van der Waals surface area contributed by atoms with Gasteiger partial charge in [-0.2, -0.15) is 0 Å². The van der Waals surface area contributed by atoms with Gasteiger partial charge in [0.25, 0.3) is 6.29 Å². The molecule has 0 atom stereocenters. The molecule has 3 heteroatoms. The monoisotopic (exact) mass is 238 g/mol. The first-order chi connectivity index (χ1) is 8.88. The molecule has 1 aromatic heterocycles. The molecule has 0 saturated heterocycles. The first-order valence-electron chi connectivity index (χ1n) is 5.56. The summed E-state index contributed by atoms with van der Waals surface area (Å²) in [4.78, 5) is 14.9. The zero-order chi connectivity index (χ0) is 12.6. The molecular weight excluding hydrogens is 226 g/mol. The smallest absolute Gasteiger partial charge is 0.271 e. The summed E-state index contributed by atoms with van der Waals surface area (Å²) in [5, 5.41) is 0. The van der Waals surface area contributed by atoms with Gasteiger partial charge in [-0.3, -0.25) is 9.78 Å². The highest BCUT2D eigenvalue weighted by Crippen LogP contribution is 2.08. The van der Waals surface area contributed by atoms with E-state index in [1.165, 1.54) is 0 Å². The third kappa shape index (κ3) is 3.56. The predicted molar refractivity (Wildman–Crippen MR) is 69.1 cm³/mol. The van der Waals surface area contributed by atoms with E-state index in [1.807, 2.05) is 48.5 Å². The topological polar surface area (TPSA) is 39.2 Å². The molecule has 0 saturated carbocycles. The summed E-state index contributed by atoms with van der Waals surface area (Å²) in [5.41, 5.74) is 1.67. The Hall–Kier alpha value is -2.42. The van der Waals surface area contributed by atoms with Gasteiger partial charge in [0.05, 0.1) is 5.69 Å². The van der Waals surface area contributed by atoms with Crippen LogP contribution in [0, 0.1) is 0 Å². The minimum Gasteiger partial charge on any atom is -0.483 e. The van der Waals surface area contributed by atoms with Crippen LogP contribution in [0.3, 0.4) is 0 Å². The van der Waals surface area contributed by atoms with Crippen molar-refractivity contribution in [3.8, 4) is 0 Å². The quantitative estimate of drug-likeness (QED) is 0.594. The van der Waals surface area contributed by atoms with Crippen molar-refractivity contribution in [2.45, 2.75) is 6.61 Å². The van der Waals surface area contributed by atoms with Gasteiger partial charge >= 0.3 is 0 Å². The van der Waals surface area contributed by atoms with E-state index < -0.39 is 0 Å². The van der Waals surface area contributed by atoms with E-state index in [0.717, 1.165) is 11.3 Å². The van der Waals surface area contributed by atoms with Crippen molar-refractivity contribution < 1.29 is 9.53 Å². The summed E-state index contributed by atoms with van der Waals surface area (Å²) in [6.07, 6.45) is 5.12. The van der Waals surface area contributed by atoms with Crippen LogP contribution in [0.25, 0.3) is 6.08 Å². The second-order valence-corrected chi connectivity index (χ2v) is 3.63. The van der Waals surface area contributed by atoms with Crippen molar-refractivity contribution in [3.05, 3.63) is 71.7 Å². The molecule has 1 radical (unpaired) electrons. The van der Waals surface area contributed by atoms with Gasteiger partial charge in [-0.1, -0.05) is 36.4 Å². The molecule has 18 heavy (non-hydrogen) atoms. The van der Waals surface area contributed by atoms with Gasteiger partial charge in [0.15, 0.2) is 5.76 Å². The summed E-state index contributed by atoms with van der Waals surface area (Å²) < 4.78 is 5.36. The number of nitrogens with zero attached hydrogens (tertiary/aromatic N) is 1. The molecule has 1 aromatic carbocycles. The Balaban J connectivity index is 2.02. The number of benzene rings is 1. The molecule has 1 heterocycles. The molecule has 0 unspecified atom stereocenters. The molecular formula is C15H12NO2. The van der Waals surface area contributed by atoms with Gasteiger partial charge in [0, 0.05) is 6.20 Å². The zero-order valence-electron chi connectivity index (χ0n) is 9.74. The van der Waals surface area contributed by atoms with E-state index >= 15 is 0 Å². The highest BCUT2D eigenvalue weighted by molar-refractivity contribution is 5.79. The summed E-state index contributed by atoms with van der Waals surface area (Å²) >= 11 is 0. The largest absolute Gasteiger partial charge is 0.483 e. The van der Waals surface area contributed by atoms with Crippen molar-refractivity contribution in [2.75, 3.05) is 0 Å². The normalized spacial score (nSPS) is 11.0. The second-order valence-electron chi connectivity index (χ2n) is 3.63. The summed E-state index contributed by atoms with van der Waals surface area (Å²) in [7, 11) is 0. The average molecular weight is 238 g/mol. The molecule has 0 fully saturated rings. The lowest BCUT2D eigenvalue weighted by molar-refractivity contribution is 0.214. The lowest BCUT2D eigenvalue weighted by atomic mass is 10.2. The third-order valence-electron chi connectivity index (χ3n) is 2.30. The number of pyridine rings is 1. The van der Waals surface area contributed by atoms with Crippen molar-refractivity contribution in [3.63, 3.8) is 0 Å². The van der Waals surface area contributed by atoms with Crippen LogP contribution in [0.4, 0.5) is 0 Å². The molecule has 0 amide bonds. The van der Waals surface area contributed by atoms with Gasteiger partial charge in [-0.15, -0.1) is 0 Å². The maximum Gasteiger partial charge on any atom is 0.271 e. The number of rotatable bonds is 5. The Morgan fingerprint density at radius 1 is 1.17 bits per heavy atom. The molecule has 0 aliphatic heterocycles. The summed E-state index contributed by atoms with van der Waals surface area (Å²) in [5.74, 6) is 0.173. The Bertz CT molecular complexity index is 521. The maximum absolute atomic E-state index is 10.8. The number of aromatic nitrogens is 1. The summed E-state index contributed by atoms with van der Waals surface area (Å²) in [6.45, 7) is 0.259. The Morgan fingerprint density at radius 3 is 2.61 bits per heavy atom. The summed E-state index contributed by atoms with van der Waals surface area (Å²) in [6, 6.07) is 15.0. The minimum atomic E-state index is 0.173. The van der Waals surface area contributed by atoms with E-state index in [1.54, 1.807) is 18.6 Å². The molecule has 0 bridgehead atoms. The predicted octanol–water partition coefficient (Wildman–Crippen LogP) is 2.75. The Morgan fingerprint density at radius 2 is 1.94 bits per heavy atom. The van der Waals surface area contributed by atoms with Crippen LogP contribution in [0.15, 0.2) is 60.5 Å². The molecule has 0 spiro atoms. The van der Waals surface area contributed by atoms with Gasteiger partial charge in [0.2, 0.25) is 0 Å². The SMILES string of the molecule is O=[C]C(=Cc1ccccc1)OCc1ccccn1. The van der Waals surface area contributed by atoms with Crippen LogP contribution in [0.1, 0.15) is 11.3 Å². The Labute approximate surface area is 106 Å². The van der Waals surface area contributed by atoms with Gasteiger partial charge in [-0.05, 0) is 23.8 Å². The molecule has 2 rings (SSSR count). The maximum atomic E-state index is 10.8. The number of hydrogen-bond donors (Lipinski definition) is 0. The number of ether oxygens (including phenoxy) is 1. The molecule has 2 aromatic rings. The first-order valence-corrected chi connectivity index (χ1v) is 5.56. The second kappa shape index (κ2) is 6.35. The fourth-order valence-corrected chi connectivity index (χ4v) is 1.44. The van der Waals surface area contributed by atoms with E-state index in [9.17, 15) is 4.79 Å². The van der Waals surface area contributed by atoms with Crippen LogP contribution in [-0.2, 0) is 16.1 Å². The van der Waals surface area contributed by atoms with Crippen molar-refractivity contribution >= 4 is 12.4 Å². The third-order valence-corrected chi connectivity index (χ3v) is 2.30. The molecule has 3 nitrogen and oxygen atoms in total. The first kappa shape index (κ1) is 12.0. The van der Waals surface area contributed by atoms with E-state index in [4.69, 9.17) is 4.74 Å². The van der Waals surface area contributed by atoms with Crippen LogP contribution >= 0.6 is 0 Å². The van der Waals surface area contributed by atoms with Crippen LogP contribution in [0.2, 0.25) is 0 Å². The standard InChI is InChI=1S/C15H12NO2/c17-11-15(10-13-6-2-1-3-7-13)18-12-14-8-4-5-9-16-14/h1-10H,12H2. The van der Waals surface area contributed by atoms with E-state index in [-0.39, 0.29) is 12.4 Å². The minimum absolute atomic E-state index is 0.173. The average Bonchev–Trinajstić information content (AvgIpc) is 2.45. The molecule has 0 aliphatic carbocycles. The van der Waals surface area contributed by atoms with Gasteiger partial charge < -0.3 is 4.74 Å². The fraction of sp³-hybridized carbons (Fsp3) is 0.0667. The lowest BCUT2D eigenvalue weighted by Crippen LogP contribution is -1.96. The highest BCUT2D eigenvalue weighted by atomic mass is 16.5. The van der Waals surface area contributed by atoms with Crippen LogP contribution in [0.5, 0.6) is 0 Å². The lowest BCUT2D eigenvalue weighted by Gasteiger charge is -2.04. The van der Waals surface area contributed by atoms with E-state index in [0.29, 0.717) is 0 Å².